The zero-order chi connectivity index (χ0) is 15.3. The number of allylic oxidation sites excluding steroid dienone is 1. The standard InChI is InChI=1S/C20H28O/c1-19(2)11-12-20(3,4)17-13-14(9-10-16(17)19)15-7-6-8-18(15)21-5/h7,9-10,13,18H,6,8,11-12H2,1-5H3. The number of hydrogen-bond acceptors (Lipinski definition) is 1. The Morgan fingerprint density at radius 2 is 1.67 bits per heavy atom. The molecule has 1 unspecified atom stereocenters. The maximum absolute atomic E-state index is 5.65. The van der Waals surface area contributed by atoms with Gasteiger partial charge in [-0.15, -0.1) is 0 Å². The fourth-order valence-corrected chi connectivity index (χ4v) is 3.99. The zero-order valence-electron chi connectivity index (χ0n) is 14.1. The molecule has 0 saturated carbocycles. The molecule has 1 aromatic carbocycles. The molecule has 1 aromatic rings. The fraction of sp³-hybridized carbons (Fsp3) is 0.600. The smallest absolute Gasteiger partial charge is 0.0826 e. The SMILES string of the molecule is COC1CCC=C1c1ccc2c(c1)C(C)(C)CCC2(C)C. The first-order valence-electron chi connectivity index (χ1n) is 8.23. The van der Waals surface area contributed by atoms with Crippen LogP contribution in [0.1, 0.15) is 70.1 Å². The largest absolute Gasteiger partial charge is 0.377 e. The number of benzene rings is 1. The summed E-state index contributed by atoms with van der Waals surface area (Å²) < 4.78 is 5.65. The lowest BCUT2D eigenvalue weighted by molar-refractivity contribution is 0.148. The van der Waals surface area contributed by atoms with Crippen LogP contribution in [0.2, 0.25) is 0 Å². The maximum atomic E-state index is 5.65. The van der Waals surface area contributed by atoms with Gasteiger partial charge in [-0.3, -0.25) is 0 Å². The lowest BCUT2D eigenvalue weighted by Gasteiger charge is -2.42. The average Bonchev–Trinajstić information content (AvgIpc) is 2.92. The van der Waals surface area contributed by atoms with Crippen molar-refractivity contribution in [1.29, 1.82) is 0 Å². The lowest BCUT2D eigenvalue weighted by atomic mass is 9.63. The molecule has 0 aromatic heterocycles. The molecular weight excluding hydrogens is 256 g/mol. The van der Waals surface area contributed by atoms with Crippen molar-refractivity contribution in [1.82, 2.24) is 0 Å². The third-order valence-electron chi connectivity index (χ3n) is 5.61. The molecule has 0 aliphatic heterocycles. The summed E-state index contributed by atoms with van der Waals surface area (Å²) in [5.41, 5.74) is 6.41. The molecular formula is C20H28O. The van der Waals surface area contributed by atoms with Gasteiger partial charge in [-0.05, 0) is 58.8 Å². The Bertz CT molecular complexity index is 578. The van der Waals surface area contributed by atoms with E-state index in [9.17, 15) is 0 Å². The summed E-state index contributed by atoms with van der Waals surface area (Å²) in [4.78, 5) is 0. The number of methoxy groups -OCH3 is 1. The summed E-state index contributed by atoms with van der Waals surface area (Å²) >= 11 is 0. The summed E-state index contributed by atoms with van der Waals surface area (Å²) in [5.74, 6) is 0. The van der Waals surface area contributed by atoms with Gasteiger partial charge in [0.2, 0.25) is 0 Å². The highest BCUT2D eigenvalue weighted by Crippen LogP contribution is 2.46. The molecule has 0 heterocycles. The van der Waals surface area contributed by atoms with Crippen molar-refractivity contribution in [2.24, 2.45) is 0 Å². The molecule has 1 heteroatoms. The Labute approximate surface area is 129 Å². The van der Waals surface area contributed by atoms with Gasteiger partial charge in [-0.1, -0.05) is 52.0 Å². The van der Waals surface area contributed by atoms with Crippen LogP contribution in [0.25, 0.3) is 5.57 Å². The first kappa shape index (κ1) is 14.8. The Morgan fingerprint density at radius 3 is 2.33 bits per heavy atom. The van der Waals surface area contributed by atoms with Gasteiger partial charge in [0.1, 0.15) is 0 Å². The number of fused-ring (bicyclic) bond motifs is 1. The van der Waals surface area contributed by atoms with E-state index in [4.69, 9.17) is 4.74 Å². The van der Waals surface area contributed by atoms with Crippen LogP contribution in [-0.2, 0) is 15.6 Å². The molecule has 21 heavy (non-hydrogen) atoms. The summed E-state index contributed by atoms with van der Waals surface area (Å²) in [6, 6.07) is 7.13. The van der Waals surface area contributed by atoms with E-state index in [0.717, 1.165) is 12.8 Å². The third-order valence-corrected chi connectivity index (χ3v) is 5.61. The predicted octanol–water partition coefficient (Wildman–Crippen LogP) is 5.23. The van der Waals surface area contributed by atoms with Crippen LogP contribution in [0.3, 0.4) is 0 Å². The van der Waals surface area contributed by atoms with Gasteiger partial charge in [0.15, 0.2) is 0 Å². The molecule has 0 fully saturated rings. The molecule has 2 aliphatic carbocycles. The minimum Gasteiger partial charge on any atom is -0.377 e. The second kappa shape index (κ2) is 4.98. The summed E-state index contributed by atoms with van der Waals surface area (Å²) in [6.07, 6.45) is 7.44. The summed E-state index contributed by atoms with van der Waals surface area (Å²) in [6.45, 7) is 9.55. The zero-order valence-corrected chi connectivity index (χ0v) is 14.1. The molecule has 3 rings (SSSR count). The van der Waals surface area contributed by atoms with Crippen molar-refractivity contribution in [3.05, 3.63) is 41.0 Å². The first-order chi connectivity index (χ1) is 9.85. The highest BCUT2D eigenvalue weighted by atomic mass is 16.5. The Kier molecular flexibility index (Phi) is 3.52. The third kappa shape index (κ3) is 2.46. The minimum atomic E-state index is 0.280. The fourth-order valence-electron chi connectivity index (χ4n) is 3.99. The second-order valence-electron chi connectivity index (χ2n) is 7.99. The molecule has 0 bridgehead atoms. The van der Waals surface area contributed by atoms with Gasteiger partial charge in [0.25, 0.3) is 0 Å². The van der Waals surface area contributed by atoms with E-state index in [1.54, 1.807) is 5.56 Å². The van der Waals surface area contributed by atoms with Gasteiger partial charge in [0, 0.05) is 7.11 Å². The van der Waals surface area contributed by atoms with Gasteiger partial charge in [-0.2, -0.15) is 0 Å². The van der Waals surface area contributed by atoms with Crippen molar-refractivity contribution in [3.8, 4) is 0 Å². The molecule has 114 valence electrons. The Morgan fingerprint density at radius 1 is 1.00 bits per heavy atom. The first-order valence-corrected chi connectivity index (χ1v) is 8.23. The van der Waals surface area contributed by atoms with Crippen molar-refractivity contribution in [2.45, 2.75) is 70.3 Å². The van der Waals surface area contributed by atoms with Crippen LogP contribution in [0.15, 0.2) is 24.3 Å². The van der Waals surface area contributed by atoms with E-state index < -0.39 is 0 Å². The molecule has 1 nitrogen and oxygen atoms in total. The molecule has 0 amide bonds. The average molecular weight is 284 g/mol. The van der Waals surface area contributed by atoms with Crippen molar-refractivity contribution in [3.63, 3.8) is 0 Å². The van der Waals surface area contributed by atoms with Crippen LogP contribution >= 0.6 is 0 Å². The van der Waals surface area contributed by atoms with E-state index in [-0.39, 0.29) is 11.5 Å². The monoisotopic (exact) mass is 284 g/mol. The minimum absolute atomic E-state index is 0.280. The summed E-state index contributed by atoms with van der Waals surface area (Å²) in [5, 5.41) is 0. The van der Waals surface area contributed by atoms with Gasteiger partial charge in [-0.25, -0.2) is 0 Å². The lowest BCUT2D eigenvalue weighted by Crippen LogP contribution is -2.33. The van der Waals surface area contributed by atoms with E-state index in [1.165, 1.54) is 29.5 Å². The van der Waals surface area contributed by atoms with Gasteiger partial charge >= 0.3 is 0 Å². The van der Waals surface area contributed by atoms with Crippen LogP contribution in [0, 0.1) is 0 Å². The topological polar surface area (TPSA) is 9.23 Å². The normalized spacial score (nSPS) is 26.3. The second-order valence-corrected chi connectivity index (χ2v) is 7.99. The van der Waals surface area contributed by atoms with E-state index in [1.807, 2.05) is 7.11 Å². The van der Waals surface area contributed by atoms with E-state index >= 15 is 0 Å². The highest BCUT2D eigenvalue weighted by Gasteiger charge is 2.37. The van der Waals surface area contributed by atoms with Gasteiger partial charge < -0.3 is 4.74 Å². The molecule has 0 saturated heterocycles. The van der Waals surface area contributed by atoms with Crippen LogP contribution in [0.4, 0.5) is 0 Å². The number of rotatable bonds is 2. The molecule has 1 atom stereocenters. The quantitative estimate of drug-likeness (QED) is 0.722. The van der Waals surface area contributed by atoms with Gasteiger partial charge in [0.05, 0.1) is 6.10 Å². The Balaban J connectivity index is 2.08. The van der Waals surface area contributed by atoms with Crippen LogP contribution in [0.5, 0.6) is 0 Å². The van der Waals surface area contributed by atoms with E-state index in [2.05, 4.69) is 52.0 Å². The van der Waals surface area contributed by atoms with Crippen LogP contribution < -0.4 is 0 Å². The van der Waals surface area contributed by atoms with E-state index in [0.29, 0.717) is 5.41 Å². The summed E-state index contributed by atoms with van der Waals surface area (Å²) in [7, 11) is 1.83. The van der Waals surface area contributed by atoms with Crippen molar-refractivity contribution in [2.75, 3.05) is 7.11 Å². The van der Waals surface area contributed by atoms with Crippen LogP contribution in [-0.4, -0.2) is 13.2 Å². The molecule has 0 radical (unpaired) electrons. The number of ether oxygens (including phenoxy) is 1. The maximum Gasteiger partial charge on any atom is 0.0826 e. The molecule has 0 spiro atoms. The van der Waals surface area contributed by atoms with Crippen molar-refractivity contribution >= 4 is 5.57 Å². The molecule has 2 aliphatic rings. The number of hydrogen-bond donors (Lipinski definition) is 0. The molecule has 0 N–H and O–H groups in total. The highest BCUT2D eigenvalue weighted by molar-refractivity contribution is 5.72. The predicted molar refractivity (Wildman–Crippen MR) is 89.7 cm³/mol. The Hall–Kier alpha value is -1.08. The van der Waals surface area contributed by atoms with Crippen molar-refractivity contribution < 1.29 is 4.74 Å².